The Hall–Kier alpha value is -2.56. The Morgan fingerprint density at radius 1 is 1.24 bits per heavy atom. The van der Waals surface area contributed by atoms with Gasteiger partial charge in [-0.2, -0.15) is 0 Å². The van der Waals surface area contributed by atoms with Gasteiger partial charge in [-0.25, -0.2) is 9.78 Å². The highest BCUT2D eigenvalue weighted by atomic mass is 16.5. The van der Waals surface area contributed by atoms with E-state index in [-0.39, 0.29) is 5.97 Å². The van der Waals surface area contributed by atoms with Crippen molar-refractivity contribution >= 4 is 11.8 Å². The van der Waals surface area contributed by atoms with Crippen LogP contribution in [0.3, 0.4) is 0 Å². The van der Waals surface area contributed by atoms with Crippen molar-refractivity contribution in [3.05, 3.63) is 53.7 Å². The summed E-state index contributed by atoms with van der Waals surface area (Å²) >= 11 is 0. The maximum Gasteiger partial charge on any atom is 0.339 e. The largest absolute Gasteiger partial charge is 0.497 e. The molecule has 0 radical (unpaired) electrons. The molecule has 132 valence electrons. The molecule has 0 atom stereocenters. The molecule has 1 saturated heterocycles. The fraction of sp³-hybridized carbons (Fsp3) is 0.400. The zero-order valence-electron chi connectivity index (χ0n) is 14.8. The quantitative estimate of drug-likeness (QED) is 0.778. The van der Waals surface area contributed by atoms with Gasteiger partial charge in [0.25, 0.3) is 0 Å². The van der Waals surface area contributed by atoms with Gasteiger partial charge in [-0.15, -0.1) is 0 Å². The van der Waals surface area contributed by atoms with Crippen LogP contribution >= 0.6 is 0 Å². The smallest absolute Gasteiger partial charge is 0.339 e. The molecular formula is C20H24N2O3. The molecule has 1 aliphatic heterocycles. The summed E-state index contributed by atoms with van der Waals surface area (Å²) in [5.41, 5.74) is 1.83. The maximum absolute atomic E-state index is 11.7. The van der Waals surface area contributed by atoms with Crippen LogP contribution in [0.4, 0.5) is 5.82 Å². The third kappa shape index (κ3) is 4.10. The fourth-order valence-electron chi connectivity index (χ4n) is 3.25. The zero-order valence-corrected chi connectivity index (χ0v) is 14.8. The first-order valence-corrected chi connectivity index (χ1v) is 8.73. The average Bonchev–Trinajstić information content (AvgIpc) is 2.68. The van der Waals surface area contributed by atoms with Gasteiger partial charge in [-0.1, -0.05) is 12.1 Å². The second-order valence-electron chi connectivity index (χ2n) is 6.16. The van der Waals surface area contributed by atoms with E-state index < -0.39 is 0 Å². The van der Waals surface area contributed by atoms with E-state index >= 15 is 0 Å². The fourth-order valence-corrected chi connectivity index (χ4v) is 3.25. The van der Waals surface area contributed by atoms with Crippen LogP contribution in [0.5, 0.6) is 5.75 Å². The number of benzene rings is 1. The molecule has 0 saturated carbocycles. The van der Waals surface area contributed by atoms with Crippen molar-refractivity contribution in [3.63, 3.8) is 0 Å². The second kappa shape index (κ2) is 8.01. The normalized spacial score (nSPS) is 15.0. The van der Waals surface area contributed by atoms with Gasteiger partial charge >= 0.3 is 5.97 Å². The molecular weight excluding hydrogens is 316 g/mol. The van der Waals surface area contributed by atoms with Gasteiger partial charge in [0, 0.05) is 19.3 Å². The van der Waals surface area contributed by atoms with Crippen molar-refractivity contribution in [3.8, 4) is 5.75 Å². The van der Waals surface area contributed by atoms with E-state index in [2.05, 4.69) is 28.1 Å². The monoisotopic (exact) mass is 340 g/mol. The van der Waals surface area contributed by atoms with Crippen LogP contribution < -0.4 is 9.64 Å². The van der Waals surface area contributed by atoms with Crippen LogP contribution in [0, 0.1) is 0 Å². The van der Waals surface area contributed by atoms with Crippen molar-refractivity contribution in [2.75, 3.05) is 31.7 Å². The van der Waals surface area contributed by atoms with E-state index in [1.807, 2.05) is 12.1 Å². The average molecular weight is 340 g/mol. The Bertz CT molecular complexity index is 707. The minimum Gasteiger partial charge on any atom is -0.497 e. The Labute approximate surface area is 148 Å². The lowest BCUT2D eigenvalue weighted by Crippen LogP contribution is -2.33. The number of piperidine rings is 1. The Kier molecular flexibility index (Phi) is 5.53. The zero-order chi connectivity index (χ0) is 17.6. The summed E-state index contributed by atoms with van der Waals surface area (Å²) in [6.45, 7) is 4.08. The summed E-state index contributed by atoms with van der Waals surface area (Å²) in [5.74, 6) is 2.05. The molecule has 0 N–H and O–H groups in total. The highest BCUT2D eigenvalue weighted by Crippen LogP contribution is 2.31. The Morgan fingerprint density at radius 3 is 2.68 bits per heavy atom. The molecule has 1 aliphatic rings. The number of hydrogen-bond donors (Lipinski definition) is 0. The van der Waals surface area contributed by atoms with Crippen LogP contribution in [0.15, 0.2) is 42.6 Å². The van der Waals surface area contributed by atoms with Crippen LogP contribution in [-0.2, 0) is 4.74 Å². The number of anilines is 1. The number of nitrogens with zero attached hydrogens (tertiary/aromatic N) is 2. The summed E-state index contributed by atoms with van der Waals surface area (Å²) in [6.07, 6.45) is 3.75. The third-order valence-electron chi connectivity index (χ3n) is 4.64. The number of pyridine rings is 1. The van der Waals surface area contributed by atoms with Crippen molar-refractivity contribution in [2.24, 2.45) is 0 Å². The van der Waals surface area contributed by atoms with Gasteiger partial charge in [0.2, 0.25) is 0 Å². The predicted molar refractivity (Wildman–Crippen MR) is 97.4 cm³/mol. The van der Waals surface area contributed by atoms with Crippen molar-refractivity contribution < 1.29 is 14.3 Å². The molecule has 1 fully saturated rings. The molecule has 5 heteroatoms. The maximum atomic E-state index is 11.7. The van der Waals surface area contributed by atoms with Gasteiger partial charge in [0.15, 0.2) is 0 Å². The van der Waals surface area contributed by atoms with Crippen molar-refractivity contribution in [1.29, 1.82) is 0 Å². The number of aromatic nitrogens is 1. The molecule has 2 aromatic rings. The van der Waals surface area contributed by atoms with E-state index in [9.17, 15) is 4.79 Å². The number of esters is 1. The van der Waals surface area contributed by atoms with E-state index in [0.29, 0.717) is 18.1 Å². The summed E-state index contributed by atoms with van der Waals surface area (Å²) in [4.78, 5) is 18.4. The lowest BCUT2D eigenvalue weighted by molar-refractivity contribution is 0.0526. The summed E-state index contributed by atoms with van der Waals surface area (Å²) in [6, 6.07) is 12.0. The standard InChI is InChI=1S/C20H24N2O3/c1-3-25-20(23)17-7-8-19(21-14-17)22-11-9-15(10-12-22)16-5-4-6-18(13-16)24-2/h4-8,13-15H,3,9-12H2,1-2H3. The number of carbonyl (C=O) groups excluding carboxylic acids is 1. The number of hydrogen-bond acceptors (Lipinski definition) is 5. The molecule has 3 rings (SSSR count). The molecule has 1 aromatic heterocycles. The SMILES string of the molecule is CCOC(=O)c1ccc(N2CCC(c3cccc(OC)c3)CC2)nc1. The first kappa shape index (κ1) is 17.3. The van der Waals surface area contributed by atoms with Gasteiger partial charge in [-0.3, -0.25) is 0 Å². The first-order chi connectivity index (χ1) is 12.2. The van der Waals surface area contributed by atoms with Crippen LogP contribution in [0.1, 0.15) is 41.6 Å². The Morgan fingerprint density at radius 2 is 2.04 bits per heavy atom. The molecule has 1 aromatic carbocycles. The topological polar surface area (TPSA) is 51.7 Å². The first-order valence-electron chi connectivity index (χ1n) is 8.73. The predicted octanol–water partition coefficient (Wildman–Crippen LogP) is 3.65. The summed E-state index contributed by atoms with van der Waals surface area (Å²) in [7, 11) is 1.70. The number of rotatable bonds is 5. The van der Waals surface area contributed by atoms with E-state index in [4.69, 9.17) is 9.47 Å². The molecule has 0 aliphatic carbocycles. The number of carbonyl (C=O) groups is 1. The molecule has 2 heterocycles. The van der Waals surface area contributed by atoms with Crippen molar-refractivity contribution in [2.45, 2.75) is 25.7 Å². The molecule has 0 unspecified atom stereocenters. The van der Waals surface area contributed by atoms with E-state index in [1.54, 1.807) is 26.3 Å². The van der Waals surface area contributed by atoms with Gasteiger partial charge in [-0.05, 0) is 55.5 Å². The third-order valence-corrected chi connectivity index (χ3v) is 4.64. The van der Waals surface area contributed by atoms with Gasteiger partial charge < -0.3 is 14.4 Å². The lowest BCUT2D eigenvalue weighted by atomic mass is 9.89. The highest BCUT2D eigenvalue weighted by Gasteiger charge is 2.22. The van der Waals surface area contributed by atoms with E-state index in [1.165, 1.54) is 5.56 Å². The minimum atomic E-state index is -0.321. The molecule has 25 heavy (non-hydrogen) atoms. The van der Waals surface area contributed by atoms with Crippen LogP contribution in [-0.4, -0.2) is 37.8 Å². The second-order valence-corrected chi connectivity index (χ2v) is 6.16. The number of methoxy groups -OCH3 is 1. The summed E-state index contributed by atoms with van der Waals surface area (Å²) in [5, 5.41) is 0. The Balaban J connectivity index is 1.61. The van der Waals surface area contributed by atoms with Crippen LogP contribution in [0.2, 0.25) is 0 Å². The highest BCUT2D eigenvalue weighted by molar-refractivity contribution is 5.89. The lowest BCUT2D eigenvalue weighted by Gasteiger charge is -2.33. The minimum absolute atomic E-state index is 0.321. The van der Waals surface area contributed by atoms with Gasteiger partial charge in [0.1, 0.15) is 11.6 Å². The molecule has 0 amide bonds. The van der Waals surface area contributed by atoms with Gasteiger partial charge in [0.05, 0.1) is 19.3 Å². The van der Waals surface area contributed by atoms with E-state index in [0.717, 1.165) is 37.5 Å². The van der Waals surface area contributed by atoms with Crippen LogP contribution in [0.25, 0.3) is 0 Å². The molecule has 5 nitrogen and oxygen atoms in total. The molecule has 0 bridgehead atoms. The summed E-state index contributed by atoms with van der Waals surface area (Å²) < 4.78 is 10.3. The van der Waals surface area contributed by atoms with Crippen molar-refractivity contribution in [1.82, 2.24) is 4.98 Å². The molecule has 0 spiro atoms. The number of ether oxygens (including phenoxy) is 2.